The molecule has 0 radical (unpaired) electrons. The summed E-state index contributed by atoms with van der Waals surface area (Å²) in [5.74, 6) is -0.119. The van der Waals surface area contributed by atoms with Gasteiger partial charge >= 0.3 is 0 Å². The molecule has 5 nitrogen and oxygen atoms in total. The third kappa shape index (κ3) is 5.51. The van der Waals surface area contributed by atoms with Gasteiger partial charge in [0.05, 0.1) is 12.5 Å². The van der Waals surface area contributed by atoms with Crippen molar-refractivity contribution in [1.29, 1.82) is 0 Å². The highest BCUT2D eigenvalue weighted by molar-refractivity contribution is 5.94. The summed E-state index contributed by atoms with van der Waals surface area (Å²) in [6, 6.07) is 28.7. The number of likely N-dealkylation sites (tertiary alicyclic amines) is 1. The number of nitrogens with zero attached hydrogens (tertiary/aromatic N) is 1. The molecule has 5 heteroatoms. The zero-order chi connectivity index (χ0) is 21.5. The molecule has 0 bridgehead atoms. The Morgan fingerprint density at radius 2 is 1.48 bits per heavy atom. The first kappa shape index (κ1) is 20.7. The molecule has 0 saturated carbocycles. The van der Waals surface area contributed by atoms with Gasteiger partial charge < -0.3 is 15.5 Å². The number of nitrogens with one attached hydrogen (secondary N) is 2. The van der Waals surface area contributed by atoms with Crippen LogP contribution in [0, 0.1) is 0 Å². The lowest BCUT2D eigenvalue weighted by molar-refractivity contribution is -0.130. The van der Waals surface area contributed by atoms with Gasteiger partial charge in [0, 0.05) is 30.4 Å². The number of para-hydroxylation sites is 1. The van der Waals surface area contributed by atoms with Crippen molar-refractivity contribution in [1.82, 2.24) is 10.2 Å². The monoisotopic (exact) mass is 413 g/mol. The number of rotatable bonds is 7. The van der Waals surface area contributed by atoms with E-state index in [2.05, 4.69) is 10.6 Å². The Bertz CT molecular complexity index is 993. The van der Waals surface area contributed by atoms with E-state index in [0.29, 0.717) is 12.1 Å². The highest BCUT2D eigenvalue weighted by atomic mass is 16.2. The Kier molecular flexibility index (Phi) is 6.62. The van der Waals surface area contributed by atoms with Crippen LogP contribution in [0.5, 0.6) is 0 Å². The number of benzene rings is 3. The minimum absolute atomic E-state index is 0.0552. The average molecular weight is 414 g/mol. The molecule has 1 aliphatic rings. The molecule has 1 aliphatic heterocycles. The van der Waals surface area contributed by atoms with Crippen LogP contribution in [0.15, 0.2) is 91.0 Å². The van der Waals surface area contributed by atoms with Crippen LogP contribution in [0.3, 0.4) is 0 Å². The van der Waals surface area contributed by atoms with Crippen LogP contribution in [0.2, 0.25) is 0 Å². The molecular formula is C26H27N3O2. The van der Waals surface area contributed by atoms with Gasteiger partial charge in [0.15, 0.2) is 0 Å². The van der Waals surface area contributed by atoms with Gasteiger partial charge in [-0.25, -0.2) is 0 Å². The van der Waals surface area contributed by atoms with Crippen molar-refractivity contribution in [2.45, 2.75) is 24.9 Å². The Morgan fingerprint density at radius 1 is 0.871 bits per heavy atom. The summed E-state index contributed by atoms with van der Waals surface area (Å²) in [6.07, 6.45) is 1.15. The van der Waals surface area contributed by atoms with Crippen LogP contribution in [-0.4, -0.2) is 35.8 Å². The molecule has 4 rings (SSSR count). The predicted molar refractivity (Wildman–Crippen MR) is 123 cm³/mol. The van der Waals surface area contributed by atoms with E-state index in [1.165, 1.54) is 0 Å². The molecule has 3 aromatic carbocycles. The smallest absolute Gasteiger partial charge is 0.251 e. The molecule has 31 heavy (non-hydrogen) atoms. The van der Waals surface area contributed by atoms with Gasteiger partial charge in [0.1, 0.15) is 0 Å². The van der Waals surface area contributed by atoms with Crippen molar-refractivity contribution in [2.75, 3.05) is 18.4 Å². The van der Waals surface area contributed by atoms with E-state index >= 15 is 0 Å². The highest BCUT2D eigenvalue weighted by Crippen LogP contribution is 2.22. The van der Waals surface area contributed by atoms with E-state index in [1.54, 1.807) is 12.1 Å². The fraction of sp³-hybridized carbons (Fsp3) is 0.231. The van der Waals surface area contributed by atoms with Crippen LogP contribution < -0.4 is 10.6 Å². The summed E-state index contributed by atoms with van der Waals surface area (Å²) in [5.41, 5.74) is 2.58. The number of hydrogen-bond acceptors (Lipinski definition) is 3. The van der Waals surface area contributed by atoms with Crippen molar-refractivity contribution in [3.63, 3.8) is 0 Å². The Labute approximate surface area is 183 Å². The van der Waals surface area contributed by atoms with Crippen molar-refractivity contribution in [3.05, 3.63) is 102 Å². The maximum atomic E-state index is 13.1. The second kappa shape index (κ2) is 9.94. The molecule has 2 amide bonds. The fourth-order valence-electron chi connectivity index (χ4n) is 3.95. The molecule has 2 N–H and O–H groups in total. The Balaban J connectivity index is 1.41. The molecule has 1 heterocycles. The van der Waals surface area contributed by atoms with E-state index in [-0.39, 0.29) is 30.3 Å². The van der Waals surface area contributed by atoms with Gasteiger partial charge in [0.25, 0.3) is 5.91 Å². The van der Waals surface area contributed by atoms with Crippen molar-refractivity contribution >= 4 is 17.5 Å². The molecule has 0 spiro atoms. The average Bonchev–Trinajstić information content (AvgIpc) is 3.29. The topological polar surface area (TPSA) is 61.4 Å². The standard InChI is InChI=1S/C26H27N3O2/c30-25(29-17-16-23(19-29)27-22-14-8-3-9-15-22)18-24(20-10-4-1-5-11-20)28-26(31)21-12-6-2-7-13-21/h1-15,23-24,27H,16-19H2,(H,28,31). The van der Waals surface area contributed by atoms with Gasteiger partial charge in [-0.1, -0.05) is 66.7 Å². The zero-order valence-electron chi connectivity index (χ0n) is 17.4. The van der Waals surface area contributed by atoms with Crippen LogP contribution in [0.4, 0.5) is 5.69 Å². The quantitative estimate of drug-likeness (QED) is 0.608. The Hall–Kier alpha value is -3.60. The summed E-state index contributed by atoms with van der Waals surface area (Å²) in [6.45, 7) is 1.39. The van der Waals surface area contributed by atoms with Crippen LogP contribution >= 0.6 is 0 Å². The number of carbonyl (C=O) groups excluding carboxylic acids is 2. The zero-order valence-corrected chi connectivity index (χ0v) is 17.4. The maximum absolute atomic E-state index is 13.1. The molecule has 1 fully saturated rings. The highest BCUT2D eigenvalue weighted by Gasteiger charge is 2.28. The van der Waals surface area contributed by atoms with Gasteiger partial charge in [-0.15, -0.1) is 0 Å². The third-order valence-corrected chi connectivity index (χ3v) is 5.61. The van der Waals surface area contributed by atoms with E-state index < -0.39 is 0 Å². The number of anilines is 1. The molecule has 2 unspecified atom stereocenters. The van der Waals surface area contributed by atoms with E-state index in [0.717, 1.165) is 24.2 Å². The lowest BCUT2D eigenvalue weighted by Crippen LogP contribution is -2.36. The molecular weight excluding hydrogens is 386 g/mol. The van der Waals surface area contributed by atoms with Gasteiger partial charge in [0.2, 0.25) is 5.91 Å². The summed E-state index contributed by atoms with van der Waals surface area (Å²) in [4.78, 5) is 27.7. The third-order valence-electron chi connectivity index (χ3n) is 5.61. The summed E-state index contributed by atoms with van der Waals surface area (Å²) in [5, 5.41) is 6.55. The molecule has 0 aliphatic carbocycles. The SMILES string of the molecule is O=C(NC(CC(=O)N1CCC(Nc2ccccc2)C1)c1ccccc1)c1ccccc1. The first-order valence-electron chi connectivity index (χ1n) is 10.7. The van der Waals surface area contributed by atoms with Crippen molar-refractivity contribution in [3.8, 4) is 0 Å². The van der Waals surface area contributed by atoms with E-state index in [4.69, 9.17) is 0 Å². The number of carbonyl (C=O) groups is 2. The Morgan fingerprint density at radius 3 is 2.16 bits per heavy atom. The normalized spacial score (nSPS) is 16.5. The van der Waals surface area contributed by atoms with E-state index in [1.807, 2.05) is 83.8 Å². The number of hydrogen-bond donors (Lipinski definition) is 2. The minimum Gasteiger partial charge on any atom is -0.380 e. The number of amides is 2. The van der Waals surface area contributed by atoms with Crippen molar-refractivity contribution < 1.29 is 9.59 Å². The summed E-state index contributed by atoms with van der Waals surface area (Å²) < 4.78 is 0. The van der Waals surface area contributed by atoms with Gasteiger partial charge in [-0.2, -0.15) is 0 Å². The first-order valence-corrected chi connectivity index (χ1v) is 10.7. The second-order valence-electron chi connectivity index (χ2n) is 7.84. The summed E-state index contributed by atoms with van der Waals surface area (Å²) >= 11 is 0. The van der Waals surface area contributed by atoms with Gasteiger partial charge in [-0.3, -0.25) is 9.59 Å². The van der Waals surface area contributed by atoms with E-state index in [9.17, 15) is 9.59 Å². The molecule has 158 valence electrons. The molecule has 1 saturated heterocycles. The summed E-state index contributed by atoms with van der Waals surface area (Å²) in [7, 11) is 0. The lowest BCUT2D eigenvalue weighted by Gasteiger charge is -2.23. The predicted octanol–water partition coefficient (Wildman–Crippen LogP) is 4.26. The van der Waals surface area contributed by atoms with Gasteiger partial charge in [-0.05, 0) is 36.2 Å². The first-order chi connectivity index (χ1) is 15.2. The largest absolute Gasteiger partial charge is 0.380 e. The fourth-order valence-corrected chi connectivity index (χ4v) is 3.95. The van der Waals surface area contributed by atoms with Crippen molar-refractivity contribution in [2.24, 2.45) is 0 Å². The molecule has 2 atom stereocenters. The minimum atomic E-state index is -0.373. The molecule has 0 aromatic heterocycles. The van der Waals surface area contributed by atoms with Crippen LogP contribution in [-0.2, 0) is 4.79 Å². The molecule has 3 aromatic rings. The van der Waals surface area contributed by atoms with Crippen LogP contribution in [0.25, 0.3) is 0 Å². The van der Waals surface area contributed by atoms with Crippen LogP contribution in [0.1, 0.15) is 34.8 Å². The second-order valence-corrected chi connectivity index (χ2v) is 7.84. The maximum Gasteiger partial charge on any atom is 0.251 e. The lowest BCUT2D eigenvalue weighted by atomic mass is 10.0.